The lowest BCUT2D eigenvalue weighted by molar-refractivity contribution is 0.459. The van der Waals surface area contributed by atoms with Crippen LogP contribution in [0.1, 0.15) is 69.0 Å². The summed E-state index contributed by atoms with van der Waals surface area (Å²) < 4.78 is 25.5. The predicted octanol–water partition coefficient (Wildman–Crippen LogP) is 4.24. The summed E-state index contributed by atoms with van der Waals surface area (Å²) in [4.78, 5) is 0.0552. The highest BCUT2D eigenvalue weighted by atomic mass is 35.7. The van der Waals surface area contributed by atoms with Crippen molar-refractivity contribution < 1.29 is 8.42 Å². The molecule has 3 rings (SSSR count). The van der Waals surface area contributed by atoms with Crippen molar-refractivity contribution in [1.82, 2.24) is 9.78 Å². The molecule has 1 aromatic heterocycles. The third-order valence-corrected chi connectivity index (χ3v) is 6.32. The first-order valence-electron chi connectivity index (χ1n) is 7.21. The summed E-state index contributed by atoms with van der Waals surface area (Å²) in [6.45, 7) is 0. The molecule has 1 heterocycles. The lowest BCUT2D eigenvalue weighted by atomic mass is 10.1. The van der Waals surface area contributed by atoms with Crippen LogP contribution >= 0.6 is 22.3 Å². The van der Waals surface area contributed by atoms with Crippen LogP contribution in [0.5, 0.6) is 0 Å². The van der Waals surface area contributed by atoms with Crippen molar-refractivity contribution in [3.05, 3.63) is 10.8 Å². The smallest absolute Gasteiger partial charge is 0.249 e. The standard InChI is InChI=1S/C13H18Cl2N2O2S/c14-13-12(20(15,18)19)11(9-5-1-2-6-9)16-17(13)10-7-3-4-8-10/h9-10H,1-8H2. The van der Waals surface area contributed by atoms with Crippen LogP contribution in [0.15, 0.2) is 4.90 Å². The molecule has 1 aromatic rings. The fourth-order valence-electron chi connectivity index (χ4n) is 3.50. The largest absolute Gasteiger partial charge is 0.266 e. The maximum Gasteiger partial charge on any atom is 0.266 e. The predicted molar refractivity (Wildman–Crippen MR) is 79.0 cm³/mol. The molecule has 2 aliphatic carbocycles. The van der Waals surface area contributed by atoms with Gasteiger partial charge < -0.3 is 0 Å². The summed E-state index contributed by atoms with van der Waals surface area (Å²) in [6, 6.07) is 0.217. The molecule has 0 aliphatic heterocycles. The van der Waals surface area contributed by atoms with E-state index < -0.39 is 9.05 Å². The number of nitrogens with zero attached hydrogens (tertiary/aromatic N) is 2. The monoisotopic (exact) mass is 336 g/mol. The maximum absolute atomic E-state index is 11.9. The second-order valence-electron chi connectivity index (χ2n) is 5.81. The molecule has 0 radical (unpaired) electrons. The highest BCUT2D eigenvalue weighted by molar-refractivity contribution is 8.13. The van der Waals surface area contributed by atoms with Gasteiger partial charge in [0.25, 0.3) is 9.05 Å². The molecule has 0 bridgehead atoms. The molecule has 0 unspecified atom stereocenters. The highest BCUT2D eigenvalue weighted by Crippen LogP contribution is 2.42. The van der Waals surface area contributed by atoms with Crippen LogP contribution in [-0.4, -0.2) is 18.2 Å². The molecule has 0 saturated heterocycles. The van der Waals surface area contributed by atoms with Gasteiger partial charge in [0, 0.05) is 16.6 Å². The van der Waals surface area contributed by atoms with Crippen molar-refractivity contribution in [2.24, 2.45) is 0 Å². The van der Waals surface area contributed by atoms with E-state index in [1.165, 1.54) is 0 Å². The zero-order valence-corrected chi connectivity index (χ0v) is 13.5. The van der Waals surface area contributed by atoms with Gasteiger partial charge in [-0.05, 0) is 25.7 Å². The minimum atomic E-state index is -3.85. The van der Waals surface area contributed by atoms with E-state index in [9.17, 15) is 8.42 Å². The van der Waals surface area contributed by atoms with Gasteiger partial charge in [0.2, 0.25) is 0 Å². The van der Waals surface area contributed by atoms with Gasteiger partial charge in [-0.2, -0.15) is 5.10 Å². The van der Waals surface area contributed by atoms with Crippen molar-refractivity contribution in [3.8, 4) is 0 Å². The fourth-order valence-corrected chi connectivity index (χ4v) is 5.40. The first-order valence-corrected chi connectivity index (χ1v) is 9.90. The molecule has 2 fully saturated rings. The molecule has 0 spiro atoms. The molecule has 0 aromatic carbocycles. The zero-order chi connectivity index (χ0) is 14.3. The number of aromatic nitrogens is 2. The van der Waals surface area contributed by atoms with E-state index in [-0.39, 0.29) is 22.0 Å². The maximum atomic E-state index is 11.9. The van der Waals surface area contributed by atoms with E-state index in [1.54, 1.807) is 4.68 Å². The highest BCUT2D eigenvalue weighted by Gasteiger charge is 2.34. The van der Waals surface area contributed by atoms with Gasteiger partial charge in [0.15, 0.2) is 0 Å². The average Bonchev–Trinajstić information content (AvgIpc) is 3.07. The molecule has 7 heteroatoms. The van der Waals surface area contributed by atoms with Crippen molar-refractivity contribution in [1.29, 1.82) is 0 Å². The molecular weight excluding hydrogens is 319 g/mol. The second-order valence-corrected chi connectivity index (χ2v) is 8.67. The summed E-state index contributed by atoms with van der Waals surface area (Å²) in [7, 11) is 1.75. The van der Waals surface area contributed by atoms with Gasteiger partial charge in [-0.15, -0.1) is 0 Å². The van der Waals surface area contributed by atoms with Crippen LogP contribution in [0.25, 0.3) is 0 Å². The Kier molecular flexibility index (Phi) is 4.04. The Morgan fingerprint density at radius 3 is 2.15 bits per heavy atom. The SMILES string of the molecule is O=S(=O)(Cl)c1c(C2CCCC2)nn(C2CCCC2)c1Cl. The van der Waals surface area contributed by atoms with Gasteiger partial charge in [0.1, 0.15) is 10.0 Å². The summed E-state index contributed by atoms with van der Waals surface area (Å²) in [5.74, 6) is 0.179. The van der Waals surface area contributed by atoms with Gasteiger partial charge in [-0.25, -0.2) is 13.1 Å². The molecule has 2 saturated carbocycles. The van der Waals surface area contributed by atoms with E-state index in [0.29, 0.717) is 5.69 Å². The van der Waals surface area contributed by atoms with E-state index in [4.69, 9.17) is 22.3 Å². The topological polar surface area (TPSA) is 52.0 Å². The van der Waals surface area contributed by atoms with Crippen LogP contribution in [0.3, 0.4) is 0 Å². The van der Waals surface area contributed by atoms with Gasteiger partial charge in [-0.3, -0.25) is 0 Å². The first kappa shape index (κ1) is 14.7. The number of rotatable bonds is 3. The Hall–Kier alpha value is -0.260. The van der Waals surface area contributed by atoms with E-state index in [1.807, 2.05) is 0 Å². The third kappa shape index (κ3) is 2.60. The number of hydrogen-bond acceptors (Lipinski definition) is 3. The lowest BCUT2D eigenvalue weighted by Gasteiger charge is -2.11. The summed E-state index contributed by atoms with van der Waals surface area (Å²) in [5, 5.41) is 4.76. The van der Waals surface area contributed by atoms with Crippen molar-refractivity contribution >= 4 is 31.3 Å². The third-order valence-electron chi connectivity index (χ3n) is 4.49. The molecule has 0 amide bonds. The lowest BCUT2D eigenvalue weighted by Crippen LogP contribution is -2.07. The summed E-state index contributed by atoms with van der Waals surface area (Å²) in [5.41, 5.74) is 0.592. The molecule has 0 N–H and O–H groups in total. The first-order chi connectivity index (χ1) is 9.48. The summed E-state index contributed by atoms with van der Waals surface area (Å²) >= 11 is 6.31. The number of halogens is 2. The van der Waals surface area contributed by atoms with Crippen molar-refractivity contribution in [3.63, 3.8) is 0 Å². The van der Waals surface area contributed by atoms with Gasteiger partial charge in [-0.1, -0.05) is 37.3 Å². The fraction of sp³-hybridized carbons (Fsp3) is 0.769. The van der Waals surface area contributed by atoms with Crippen LogP contribution in [0.4, 0.5) is 0 Å². The van der Waals surface area contributed by atoms with E-state index >= 15 is 0 Å². The molecule has 2 aliphatic rings. The van der Waals surface area contributed by atoms with Crippen LogP contribution in [0.2, 0.25) is 5.15 Å². The van der Waals surface area contributed by atoms with Crippen molar-refractivity contribution in [2.75, 3.05) is 0 Å². The minimum absolute atomic E-state index is 0.0552. The summed E-state index contributed by atoms with van der Waals surface area (Å²) in [6.07, 6.45) is 8.46. The zero-order valence-electron chi connectivity index (χ0n) is 11.2. The van der Waals surface area contributed by atoms with Gasteiger partial charge in [0.05, 0.1) is 11.7 Å². The van der Waals surface area contributed by atoms with Crippen LogP contribution in [-0.2, 0) is 9.05 Å². The molecular formula is C13H18Cl2N2O2S. The number of hydrogen-bond donors (Lipinski definition) is 0. The molecule has 4 nitrogen and oxygen atoms in total. The van der Waals surface area contributed by atoms with Crippen LogP contribution in [0, 0.1) is 0 Å². The Balaban J connectivity index is 2.09. The Morgan fingerprint density at radius 1 is 1.05 bits per heavy atom. The molecule has 20 heavy (non-hydrogen) atoms. The van der Waals surface area contributed by atoms with E-state index in [2.05, 4.69) is 5.10 Å². The van der Waals surface area contributed by atoms with Crippen LogP contribution < -0.4 is 0 Å². The van der Waals surface area contributed by atoms with Crippen molar-refractivity contribution in [2.45, 2.75) is 68.2 Å². The minimum Gasteiger partial charge on any atom is -0.249 e. The quantitative estimate of drug-likeness (QED) is 0.775. The normalized spacial score (nSPS) is 21.9. The van der Waals surface area contributed by atoms with E-state index in [0.717, 1.165) is 51.4 Å². The average molecular weight is 337 g/mol. The Morgan fingerprint density at radius 2 is 1.60 bits per heavy atom. The molecule has 112 valence electrons. The Bertz CT molecular complexity index is 600. The van der Waals surface area contributed by atoms with Gasteiger partial charge >= 0.3 is 0 Å². The molecule has 0 atom stereocenters. The Labute approximate surface area is 128 Å². The second kappa shape index (κ2) is 5.50.